The molecule has 0 spiro atoms. The number of nitrogens with one attached hydrogen (secondary N) is 1. The van der Waals surface area contributed by atoms with E-state index in [1.54, 1.807) is 12.4 Å². The third-order valence-electron chi connectivity index (χ3n) is 4.61. The first-order valence-electron chi connectivity index (χ1n) is 8.62. The van der Waals surface area contributed by atoms with Gasteiger partial charge in [-0.2, -0.15) is 0 Å². The van der Waals surface area contributed by atoms with E-state index in [9.17, 15) is 15.3 Å². The number of aromatic nitrogens is 5. The van der Waals surface area contributed by atoms with Crippen LogP contribution in [0.4, 0.5) is 5.82 Å². The van der Waals surface area contributed by atoms with Crippen molar-refractivity contribution in [2.24, 2.45) is 0 Å². The van der Waals surface area contributed by atoms with E-state index in [1.807, 2.05) is 12.1 Å². The molecule has 1 saturated heterocycles. The van der Waals surface area contributed by atoms with Crippen LogP contribution in [0.2, 0.25) is 0 Å². The first-order valence-corrected chi connectivity index (χ1v) is 8.62. The highest BCUT2D eigenvalue weighted by Crippen LogP contribution is 2.32. The fraction of sp³-hybridized carbons (Fsp3) is 0.412. The molecule has 10 nitrogen and oxygen atoms in total. The van der Waals surface area contributed by atoms with E-state index in [2.05, 4.69) is 25.3 Å². The molecule has 0 aliphatic carbocycles. The first-order chi connectivity index (χ1) is 13.2. The Morgan fingerprint density at radius 3 is 2.67 bits per heavy atom. The summed E-state index contributed by atoms with van der Waals surface area (Å²) in [6, 6.07) is 3.90. The Bertz CT molecular complexity index is 905. The zero-order chi connectivity index (χ0) is 18.8. The van der Waals surface area contributed by atoms with Gasteiger partial charge in [-0.05, 0) is 24.1 Å². The molecular formula is C17H20N6O4. The summed E-state index contributed by atoms with van der Waals surface area (Å²) in [6.07, 6.45) is 3.05. The minimum Gasteiger partial charge on any atom is -0.394 e. The van der Waals surface area contributed by atoms with Crippen LogP contribution >= 0.6 is 0 Å². The number of rotatable bonds is 6. The zero-order valence-electron chi connectivity index (χ0n) is 14.4. The summed E-state index contributed by atoms with van der Waals surface area (Å²) in [5.74, 6) is 0.569. The summed E-state index contributed by atoms with van der Waals surface area (Å²) in [6.45, 7) is 0.259. The van der Waals surface area contributed by atoms with Crippen LogP contribution in [0.25, 0.3) is 11.2 Å². The summed E-state index contributed by atoms with van der Waals surface area (Å²) in [4.78, 5) is 16.8. The number of pyridine rings is 1. The summed E-state index contributed by atoms with van der Waals surface area (Å²) < 4.78 is 7.09. The molecule has 0 aromatic carbocycles. The number of aliphatic hydroxyl groups is 3. The topological polar surface area (TPSA) is 138 Å². The number of fused-ring (bicyclic) bond motifs is 1. The van der Waals surface area contributed by atoms with Crippen LogP contribution in [0.5, 0.6) is 0 Å². The molecule has 142 valence electrons. The Labute approximate surface area is 154 Å². The molecular weight excluding hydrogens is 352 g/mol. The van der Waals surface area contributed by atoms with E-state index in [-0.39, 0.29) is 0 Å². The highest BCUT2D eigenvalue weighted by molar-refractivity contribution is 5.82. The van der Waals surface area contributed by atoms with E-state index < -0.39 is 31.1 Å². The fourth-order valence-corrected chi connectivity index (χ4v) is 3.15. The highest BCUT2D eigenvalue weighted by atomic mass is 16.6. The molecule has 0 bridgehead atoms. The molecule has 0 saturated carbocycles. The van der Waals surface area contributed by atoms with Gasteiger partial charge in [0.05, 0.1) is 12.9 Å². The largest absolute Gasteiger partial charge is 0.394 e. The predicted octanol–water partition coefficient (Wildman–Crippen LogP) is -0.513. The monoisotopic (exact) mass is 372 g/mol. The number of anilines is 1. The Morgan fingerprint density at radius 2 is 1.93 bits per heavy atom. The van der Waals surface area contributed by atoms with Gasteiger partial charge >= 0.3 is 0 Å². The lowest BCUT2D eigenvalue weighted by atomic mass is 10.1. The van der Waals surface area contributed by atoms with Crippen LogP contribution in [-0.4, -0.2) is 71.3 Å². The van der Waals surface area contributed by atoms with Crippen molar-refractivity contribution in [1.82, 2.24) is 24.5 Å². The number of hydrogen-bond acceptors (Lipinski definition) is 9. The normalized spacial score (nSPS) is 25.1. The van der Waals surface area contributed by atoms with Crippen molar-refractivity contribution >= 4 is 17.0 Å². The standard InChI is InChI=1S/C17H20N6O4/c24-7-11-13(25)14(26)17(27-11)23-9-22-12-15(20-8-21-16(12)23)19-6-3-10-1-4-18-5-2-10/h1-2,4-5,8-9,11,13-14,17,24-26H,3,6-7H2,(H,19,20,21)/t11-,13-,14-,17?/m1/s1. The number of nitrogens with zero attached hydrogens (tertiary/aromatic N) is 5. The minimum absolute atomic E-state index is 0.391. The second kappa shape index (κ2) is 7.53. The Balaban J connectivity index is 1.53. The summed E-state index contributed by atoms with van der Waals surface area (Å²) in [5, 5.41) is 32.7. The zero-order valence-corrected chi connectivity index (χ0v) is 14.4. The van der Waals surface area contributed by atoms with Gasteiger partial charge in [-0.15, -0.1) is 0 Å². The third-order valence-corrected chi connectivity index (χ3v) is 4.61. The lowest BCUT2D eigenvalue weighted by Crippen LogP contribution is -2.33. The van der Waals surface area contributed by atoms with Gasteiger partial charge in [0.1, 0.15) is 24.6 Å². The van der Waals surface area contributed by atoms with Crippen molar-refractivity contribution in [1.29, 1.82) is 0 Å². The van der Waals surface area contributed by atoms with E-state index in [1.165, 1.54) is 17.2 Å². The van der Waals surface area contributed by atoms with E-state index in [0.29, 0.717) is 23.5 Å². The summed E-state index contributed by atoms with van der Waals surface area (Å²) >= 11 is 0. The number of ether oxygens (including phenoxy) is 1. The van der Waals surface area contributed by atoms with Gasteiger partial charge in [0.2, 0.25) is 0 Å². The van der Waals surface area contributed by atoms with E-state index in [4.69, 9.17) is 4.74 Å². The number of aliphatic hydroxyl groups excluding tert-OH is 3. The van der Waals surface area contributed by atoms with E-state index in [0.717, 1.165) is 12.0 Å². The number of imidazole rings is 1. The molecule has 1 aliphatic rings. The fourth-order valence-electron chi connectivity index (χ4n) is 3.15. The molecule has 0 amide bonds. The van der Waals surface area contributed by atoms with Crippen LogP contribution in [0.3, 0.4) is 0 Å². The molecule has 4 N–H and O–H groups in total. The molecule has 10 heteroatoms. The Kier molecular flexibility index (Phi) is 4.94. The van der Waals surface area contributed by atoms with Crippen LogP contribution in [0.1, 0.15) is 11.8 Å². The van der Waals surface area contributed by atoms with Crippen LogP contribution in [0, 0.1) is 0 Å². The maximum atomic E-state index is 10.2. The lowest BCUT2D eigenvalue weighted by molar-refractivity contribution is -0.0511. The molecule has 1 aliphatic heterocycles. The van der Waals surface area contributed by atoms with Gasteiger partial charge in [0.15, 0.2) is 23.2 Å². The van der Waals surface area contributed by atoms with Crippen molar-refractivity contribution in [2.75, 3.05) is 18.5 Å². The molecule has 0 radical (unpaired) electrons. The maximum absolute atomic E-state index is 10.2. The van der Waals surface area contributed by atoms with Crippen LogP contribution in [0.15, 0.2) is 37.2 Å². The minimum atomic E-state index is -1.20. The van der Waals surface area contributed by atoms with Crippen molar-refractivity contribution in [3.05, 3.63) is 42.7 Å². The lowest BCUT2D eigenvalue weighted by Gasteiger charge is -2.16. The SMILES string of the molecule is OC[C@H]1OC(n2cnc3c(NCCc4ccncc4)ncnc32)[C@H](O)[C@@H]1O. The van der Waals surface area contributed by atoms with Crippen LogP contribution < -0.4 is 5.32 Å². The highest BCUT2D eigenvalue weighted by Gasteiger charge is 2.44. The maximum Gasteiger partial charge on any atom is 0.167 e. The molecule has 3 aromatic rings. The summed E-state index contributed by atoms with van der Waals surface area (Å²) in [5.41, 5.74) is 2.15. The Hall–Kier alpha value is -2.66. The average molecular weight is 372 g/mol. The molecule has 3 aromatic heterocycles. The average Bonchev–Trinajstić information content (AvgIpc) is 3.25. The number of hydrogen-bond donors (Lipinski definition) is 4. The van der Waals surface area contributed by atoms with Gasteiger partial charge in [0.25, 0.3) is 0 Å². The summed E-state index contributed by atoms with van der Waals surface area (Å²) in [7, 11) is 0. The molecule has 4 atom stereocenters. The second-order valence-corrected chi connectivity index (χ2v) is 6.31. The van der Waals surface area contributed by atoms with Crippen molar-refractivity contribution in [2.45, 2.75) is 31.0 Å². The molecule has 1 fully saturated rings. The second-order valence-electron chi connectivity index (χ2n) is 6.31. The van der Waals surface area contributed by atoms with Crippen LogP contribution in [-0.2, 0) is 11.2 Å². The van der Waals surface area contributed by atoms with Gasteiger partial charge in [0, 0.05) is 18.9 Å². The van der Waals surface area contributed by atoms with Gasteiger partial charge in [-0.3, -0.25) is 9.55 Å². The van der Waals surface area contributed by atoms with Gasteiger partial charge in [-0.1, -0.05) is 0 Å². The smallest absolute Gasteiger partial charge is 0.167 e. The molecule has 4 heterocycles. The van der Waals surface area contributed by atoms with Crippen molar-refractivity contribution in [3.8, 4) is 0 Å². The first kappa shape index (κ1) is 17.7. The predicted molar refractivity (Wildman–Crippen MR) is 94.8 cm³/mol. The van der Waals surface area contributed by atoms with E-state index >= 15 is 0 Å². The molecule has 4 rings (SSSR count). The van der Waals surface area contributed by atoms with Gasteiger partial charge < -0.3 is 25.4 Å². The van der Waals surface area contributed by atoms with Crippen molar-refractivity contribution in [3.63, 3.8) is 0 Å². The molecule has 27 heavy (non-hydrogen) atoms. The molecule has 1 unspecified atom stereocenters. The Morgan fingerprint density at radius 1 is 1.11 bits per heavy atom. The quantitative estimate of drug-likeness (QED) is 0.450. The van der Waals surface area contributed by atoms with Gasteiger partial charge in [-0.25, -0.2) is 15.0 Å². The van der Waals surface area contributed by atoms with Crippen molar-refractivity contribution < 1.29 is 20.1 Å². The third kappa shape index (κ3) is 3.35.